The fourth-order valence-corrected chi connectivity index (χ4v) is 6.53. The van der Waals surface area contributed by atoms with Crippen LogP contribution in [0.4, 0.5) is 11.6 Å². The molecule has 0 spiro atoms. The first-order valence-corrected chi connectivity index (χ1v) is 13.7. The number of rotatable bonds is 5. The summed E-state index contributed by atoms with van der Waals surface area (Å²) >= 11 is 0. The van der Waals surface area contributed by atoms with Gasteiger partial charge in [-0.3, -0.25) is 0 Å². The topological polar surface area (TPSA) is 113 Å². The molecule has 0 saturated carbocycles. The summed E-state index contributed by atoms with van der Waals surface area (Å²) in [5.74, 6) is 2.05. The lowest BCUT2D eigenvalue weighted by molar-refractivity contribution is 0.366. The maximum absolute atomic E-state index is 13.4. The summed E-state index contributed by atoms with van der Waals surface area (Å²) in [5.41, 5.74) is 2.18. The summed E-state index contributed by atoms with van der Waals surface area (Å²) in [6, 6.07) is 10.8. The van der Waals surface area contributed by atoms with Gasteiger partial charge in [-0.25, -0.2) is 32.3 Å². The smallest absolute Gasteiger partial charge is 0.269 e. The molecule has 5 heterocycles. The molecule has 190 valence electrons. The summed E-state index contributed by atoms with van der Waals surface area (Å²) in [6.07, 6.45) is 7.44. The molecule has 4 aromatic heterocycles. The number of aromatic nitrogens is 6. The maximum atomic E-state index is 13.4. The van der Waals surface area contributed by atoms with Crippen molar-refractivity contribution in [2.24, 2.45) is 5.92 Å². The Balaban J connectivity index is 1.35. The van der Waals surface area contributed by atoms with Gasteiger partial charge in [-0.05, 0) is 43.5 Å². The van der Waals surface area contributed by atoms with Crippen LogP contribution < -0.4 is 9.80 Å². The summed E-state index contributed by atoms with van der Waals surface area (Å²) in [6.45, 7) is 5.72. The molecular weight excluding hydrogens is 488 g/mol. The summed E-state index contributed by atoms with van der Waals surface area (Å²) < 4.78 is 28.1. The quantitative estimate of drug-likeness (QED) is 0.377. The van der Waals surface area contributed by atoms with Gasteiger partial charge < -0.3 is 14.8 Å². The van der Waals surface area contributed by atoms with Crippen LogP contribution in [0.5, 0.6) is 0 Å². The van der Waals surface area contributed by atoms with E-state index in [1.165, 1.54) is 10.3 Å². The molecule has 0 aliphatic carbocycles. The van der Waals surface area contributed by atoms with Crippen molar-refractivity contribution in [3.05, 3.63) is 67.0 Å². The molecule has 5 aromatic rings. The molecule has 11 heteroatoms. The maximum Gasteiger partial charge on any atom is 0.269 e. The van der Waals surface area contributed by atoms with Crippen LogP contribution in [-0.2, 0) is 10.0 Å². The first-order chi connectivity index (χ1) is 17.8. The van der Waals surface area contributed by atoms with Crippen LogP contribution in [0.15, 0.2) is 66.3 Å². The molecule has 1 saturated heterocycles. The molecule has 1 N–H and O–H groups in total. The second kappa shape index (κ2) is 8.84. The zero-order chi connectivity index (χ0) is 25.7. The van der Waals surface area contributed by atoms with Gasteiger partial charge in [0.2, 0.25) is 0 Å². The standard InChI is InChI=1S/C26H28N8O2S/c1-17-4-6-19(7-5-17)37(35,36)34-13-10-21-25(30-16-31-26(21)34)33-12-9-18(2)22(14-33)32(3)24-20-8-11-27-23(20)28-15-29-24/h4-8,10-11,13,15-16,18,22H,9,12,14H2,1-3H3,(H,27,28,29)/t18-,22+/m1/s1. The van der Waals surface area contributed by atoms with E-state index in [4.69, 9.17) is 0 Å². The lowest BCUT2D eigenvalue weighted by Gasteiger charge is -2.42. The van der Waals surface area contributed by atoms with Gasteiger partial charge in [0.05, 0.1) is 21.7 Å². The van der Waals surface area contributed by atoms with Gasteiger partial charge in [0.1, 0.15) is 29.9 Å². The van der Waals surface area contributed by atoms with E-state index in [0.717, 1.165) is 47.7 Å². The van der Waals surface area contributed by atoms with Crippen molar-refractivity contribution in [1.82, 2.24) is 28.9 Å². The highest BCUT2D eigenvalue weighted by atomic mass is 32.2. The Morgan fingerprint density at radius 3 is 2.59 bits per heavy atom. The molecule has 1 aliphatic heterocycles. The minimum absolute atomic E-state index is 0.171. The number of benzene rings is 1. The molecule has 0 amide bonds. The number of likely N-dealkylation sites (N-methyl/N-ethyl adjacent to an activating group) is 1. The molecule has 10 nitrogen and oxygen atoms in total. The largest absolute Gasteiger partial charge is 0.354 e. The third kappa shape index (κ3) is 3.90. The Bertz CT molecular complexity index is 1690. The minimum Gasteiger partial charge on any atom is -0.354 e. The van der Waals surface area contributed by atoms with Crippen molar-refractivity contribution >= 4 is 43.7 Å². The summed E-state index contributed by atoms with van der Waals surface area (Å²) in [5, 5.41) is 1.70. The van der Waals surface area contributed by atoms with Gasteiger partial charge >= 0.3 is 0 Å². The number of nitrogens with one attached hydrogen (secondary N) is 1. The van der Waals surface area contributed by atoms with Crippen LogP contribution in [0.3, 0.4) is 0 Å². The molecule has 0 radical (unpaired) electrons. The number of H-pyrrole nitrogens is 1. The number of anilines is 2. The van der Waals surface area contributed by atoms with E-state index in [1.54, 1.807) is 42.9 Å². The lowest BCUT2D eigenvalue weighted by atomic mass is 9.92. The van der Waals surface area contributed by atoms with E-state index < -0.39 is 10.0 Å². The van der Waals surface area contributed by atoms with Crippen LogP contribution in [-0.4, -0.2) is 63.5 Å². The first-order valence-electron chi connectivity index (χ1n) is 12.2. The SMILES string of the molecule is Cc1ccc(S(=O)(=O)n2ccc3c(N4CC[C@@H](C)[C@@H](N(C)c5ncnc6[nH]ccc56)C4)ncnc32)cc1. The van der Waals surface area contributed by atoms with E-state index in [1.807, 2.05) is 19.2 Å². The third-order valence-corrected chi connectivity index (χ3v) is 9.07. The number of fused-ring (bicyclic) bond motifs is 2. The minimum atomic E-state index is -3.79. The number of aryl methyl sites for hydroxylation is 1. The van der Waals surface area contributed by atoms with Crippen molar-refractivity contribution in [3.8, 4) is 0 Å². The van der Waals surface area contributed by atoms with Gasteiger partial charge in [-0.15, -0.1) is 0 Å². The zero-order valence-corrected chi connectivity index (χ0v) is 21.7. The van der Waals surface area contributed by atoms with Crippen molar-refractivity contribution in [2.75, 3.05) is 29.9 Å². The van der Waals surface area contributed by atoms with Crippen LogP contribution in [0.2, 0.25) is 0 Å². The molecular formula is C26H28N8O2S. The predicted molar refractivity (Wildman–Crippen MR) is 143 cm³/mol. The lowest BCUT2D eigenvalue weighted by Crippen LogP contribution is -2.51. The second-order valence-electron chi connectivity index (χ2n) is 9.69. The Morgan fingerprint density at radius 1 is 1.00 bits per heavy atom. The van der Waals surface area contributed by atoms with E-state index in [0.29, 0.717) is 17.0 Å². The highest BCUT2D eigenvalue weighted by Gasteiger charge is 2.32. The average molecular weight is 517 g/mol. The average Bonchev–Trinajstić information content (AvgIpc) is 3.56. The van der Waals surface area contributed by atoms with Crippen molar-refractivity contribution in [1.29, 1.82) is 0 Å². The van der Waals surface area contributed by atoms with Crippen LogP contribution >= 0.6 is 0 Å². The van der Waals surface area contributed by atoms with Gasteiger partial charge in [-0.1, -0.05) is 24.6 Å². The Labute approximate surface area is 215 Å². The van der Waals surface area contributed by atoms with Crippen LogP contribution in [0.25, 0.3) is 22.1 Å². The third-order valence-electron chi connectivity index (χ3n) is 7.39. The normalized spacial score (nSPS) is 18.5. The molecule has 1 aromatic carbocycles. The number of hydrogen-bond acceptors (Lipinski definition) is 8. The molecule has 6 rings (SSSR count). The number of aromatic amines is 1. The fourth-order valence-electron chi connectivity index (χ4n) is 5.23. The van der Waals surface area contributed by atoms with Crippen molar-refractivity contribution in [2.45, 2.75) is 31.2 Å². The van der Waals surface area contributed by atoms with Crippen molar-refractivity contribution < 1.29 is 8.42 Å². The Hall–Kier alpha value is -3.99. The number of piperidine rings is 1. The Morgan fingerprint density at radius 2 is 1.78 bits per heavy atom. The number of hydrogen-bond donors (Lipinski definition) is 1. The fraction of sp³-hybridized carbons (Fsp3) is 0.308. The molecule has 0 unspecified atom stereocenters. The van der Waals surface area contributed by atoms with E-state index >= 15 is 0 Å². The molecule has 1 fully saturated rings. The van der Waals surface area contributed by atoms with E-state index in [2.05, 4.69) is 48.7 Å². The highest BCUT2D eigenvalue weighted by Crippen LogP contribution is 2.33. The highest BCUT2D eigenvalue weighted by molar-refractivity contribution is 7.90. The number of nitrogens with zero attached hydrogens (tertiary/aromatic N) is 7. The monoisotopic (exact) mass is 516 g/mol. The van der Waals surface area contributed by atoms with E-state index in [-0.39, 0.29) is 10.9 Å². The Kier molecular flexibility index (Phi) is 5.59. The van der Waals surface area contributed by atoms with E-state index in [9.17, 15) is 8.42 Å². The molecule has 37 heavy (non-hydrogen) atoms. The second-order valence-corrected chi connectivity index (χ2v) is 11.5. The van der Waals surface area contributed by atoms with Crippen molar-refractivity contribution in [3.63, 3.8) is 0 Å². The van der Waals surface area contributed by atoms with Gasteiger partial charge in [0.15, 0.2) is 5.65 Å². The first kappa shape index (κ1) is 23.4. The van der Waals surface area contributed by atoms with Gasteiger partial charge in [0.25, 0.3) is 10.0 Å². The van der Waals surface area contributed by atoms with Gasteiger partial charge in [-0.2, -0.15) is 0 Å². The molecule has 2 atom stereocenters. The van der Waals surface area contributed by atoms with Crippen LogP contribution in [0, 0.1) is 12.8 Å². The molecule has 1 aliphatic rings. The van der Waals surface area contributed by atoms with Crippen LogP contribution in [0.1, 0.15) is 18.9 Å². The summed E-state index contributed by atoms with van der Waals surface area (Å²) in [4.78, 5) is 25.7. The molecule has 0 bridgehead atoms. The summed E-state index contributed by atoms with van der Waals surface area (Å²) in [7, 11) is -1.72. The predicted octanol–water partition coefficient (Wildman–Crippen LogP) is 3.60. The van der Waals surface area contributed by atoms with Gasteiger partial charge in [0, 0.05) is 32.5 Å². The zero-order valence-electron chi connectivity index (χ0n) is 20.9.